The number of aldehydes is 1. The summed E-state index contributed by atoms with van der Waals surface area (Å²) in [5.74, 6) is -0.130. The third kappa shape index (κ3) is 1.64. The second-order valence-corrected chi connectivity index (χ2v) is 1.03. The molecule has 0 aliphatic heterocycles. The SMILES string of the molecule is NC(N)=C(N)C=O. The van der Waals surface area contributed by atoms with Crippen molar-refractivity contribution < 1.29 is 4.79 Å². The summed E-state index contributed by atoms with van der Waals surface area (Å²) in [6.07, 6.45) is 0.398. The van der Waals surface area contributed by atoms with Gasteiger partial charge in [0, 0.05) is 0 Å². The van der Waals surface area contributed by atoms with Crippen molar-refractivity contribution in [2.45, 2.75) is 0 Å². The highest BCUT2D eigenvalue weighted by atomic mass is 16.1. The third-order valence-corrected chi connectivity index (χ3v) is 0.460. The maximum absolute atomic E-state index is 9.60. The summed E-state index contributed by atoms with van der Waals surface area (Å²) in [5.41, 5.74) is 14.5. The van der Waals surface area contributed by atoms with Crippen LogP contribution in [-0.2, 0) is 4.79 Å². The fraction of sp³-hybridized carbons (Fsp3) is 0. The molecule has 40 valence electrons. The zero-order valence-electron chi connectivity index (χ0n) is 3.72. The van der Waals surface area contributed by atoms with E-state index in [-0.39, 0.29) is 11.5 Å². The Kier molecular flexibility index (Phi) is 1.72. The molecule has 4 heteroatoms. The minimum absolute atomic E-state index is 0.111. The second-order valence-electron chi connectivity index (χ2n) is 1.03. The summed E-state index contributed by atoms with van der Waals surface area (Å²) in [7, 11) is 0. The van der Waals surface area contributed by atoms with Gasteiger partial charge in [0.25, 0.3) is 0 Å². The molecule has 0 rings (SSSR count). The summed E-state index contributed by atoms with van der Waals surface area (Å²) in [5, 5.41) is 0. The fourth-order valence-corrected chi connectivity index (χ4v) is 0.0680. The van der Waals surface area contributed by atoms with Gasteiger partial charge in [0.1, 0.15) is 11.5 Å². The largest absolute Gasteiger partial charge is 0.393 e. The van der Waals surface area contributed by atoms with Crippen LogP contribution in [0.15, 0.2) is 11.5 Å². The van der Waals surface area contributed by atoms with Gasteiger partial charge in [0.05, 0.1) is 0 Å². The normalized spacial score (nSPS) is 7.43. The molecule has 0 aliphatic rings. The van der Waals surface area contributed by atoms with E-state index in [4.69, 9.17) is 17.2 Å². The molecule has 0 unspecified atom stereocenters. The Bertz CT molecular complexity index is 103. The van der Waals surface area contributed by atoms with Crippen molar-refractivity contribution in [2.75, 3.05) is 0 Å². The highest BCUT2D eigenvalue weighted by molar-refractivity contribution is 5.72. The van der Waals surface area contributed by atoms with Gasteiger partial charge in [0.2, 0.25) is 0 Å². The number of nitrogens with two attached hydrogens (primary N) is 3. The standard InChI is InChI=1S/C3H7N3O/c4-2(1-7)3(5)6/h1H,4-6H2. The first-order valence-electron chi connectivity index (χ1n) is 1.64. The van der Waals surface area contributed by atoms with E-state index in [1.807, 2.05) is 0 Å². The Morgan fingerprint density at radius 2 is 1.71 bits per heavy atom. The van der Waals surface area contributed by atoms with Crippen LogP contribution >= 0.6 is 0 Å². The van der Waals surface area contributed by atoms with E-state index < -0.39 is 0 Å². The van der Waals surface area contributed by atoms with Crippen LogP contribution in [0.25, 0.3) is 0 Å². The van der Waals surface area contributed by atoms with Gasteiger partial charge in [-0.3, -0.25) is 4.79 Å². The van der Waals surface area contributed by atoms with Gasteiger partial charge in [-0.25, -0.2) is 0 Å². The monoisotopic (exact) mass is 101 g/mol. The molecule has 0 atom stereocenters. The van der Waals surface area contributed by atoms with Crippen LogP contribution in [0.2, 0.25) is 0 Å². The lowest BCUT2D eigenvalue weighted by Crippen LogP contribution is -2.17. The molecule has 0 aliphatic carbocycles. The van der Waals surface area contributed by atoms with Crippen molar-refractivity contribution in [3.63, 3.8) is 0 Å². The minimum Gasteiger partial charge on any atom is -0.393 e. The lowest BCUT2D eigenvalue weighted by molar-refractivity contribution is -0.105. The molecule has 0 saturated heterocycles. The van der Waals surface area contributed by atoms with Crippen LogP contribution in [-0.4, -0.2) is 6.29 Å². The van der Waals surface area contributed by atoms with Crippen LogP contribution in [0.1, 0.15) is 0 Å². The van der Waals surface area contributed by atoms with Crippen molar-refractivity contribution >= 4 is 6.29 Å². The lowest BCUT2D eigenvalue weighted by Gasteiger charge is -1.88. The Hall–Kier alpha value is -1.19. The Labute approximate surface area is 41.0 Å². The van der Waals surface area contributed by atoms with Crippen molar-refractivity contribution in [2.24, 2.45) is 17.2 Å². The molecule has 0 aromatic heterocycles. The van der Waals surface area contributed by atoms with Crippen LogP contribution in [0.3, 0.4) is 0 Å². The Morgan fingerprint density at radius 1 is 1.29 bits per heavy atom. The van der Waals surface area contributed by atoms with Crippen molar-refractivity contribution in [1.29, 1.82) is 0 Å². The molecule has 6 N–H and O–H groups in total. The predicted molar refractivity (Wildman–Crippen MR) is 25.7 cm³/mol. The number of hydrogen-bond donors (Lipinski definition) is 3. The lowest BCUT2D eigenvalue weighted by atomic mass is 10.5. The molecule has 7 heavy (non-hydrogen) atoms. The molecule has 0 aromatic rings. The summed E-state index contributed by atoms with van der Waals surface area (Å²) >= 11 is 0. The minimum atomic E-state index is -0.130. The number of carbonyl (C=O) groups excluding carboxylic acids is 1. The highest BCUT2D eigenvalue weighted by Gasteiger charge is 1.85. The maximum atomic E-state index is 9.60. The molecule has 4 nitrogen and oxygen atoms in total. The van der Waals surface area contributed by atoms with Gasteiger partial charge in [0.15, 0.2) is 6.29 Å². The topological polar surface area (TPSA) is 95.1 Å². The van der Waals surface area contributed by atoms with Gasteiger partial charge in [-0.15, -0.1) is 0 Å². The highest BCUT2D eigenvalue weighted by Crippen LogP contribution is 1.71. The number of hydrogen-bond acceptors (Lipinski definition) is 4. The molecule has 0 bridgehead atoms. The molecule has 0 radical (unpaired) electrons. The van der Waals surface area contributed by atoms with Crippen LogP contribution in [0.5, 0.6) is 0 Å². The molecule has 0 aromatic carbocycles. The summed E-state index contributed by atoms with van der Waals surface area (Å²) in [6.45, 7) is 0. The van der Waals surface area contributed by atoms with Gasteiger partial charge >= 0.3 is 0 Å². The molecule has 0 heterocycles. The Balaban J connectivity index is 3.98. The first-order valence-corrected chi connectivity index (χ1v) is 1.64. The number of rotatable bonds is 1. The van der Waals surface area contributed by atoms with E-state index in [1.54, 1.807) is 0 Å². The first kappa shape index (κ1) is 5.81. The third-order valence-electron chi connectivity index (χ3n) is 0.460. The summed E-state index contributed by atoms with van der Waals surface area (Å²) in [6, 6.07) is 0. The molecular weight excluding hydrogens is 94.1 g/mol. The van der Waals surface area contributed by atoms with Crippen molar-refractivity contribution in [1.82, 2.24) is 0 Å². The summed E-state index contributed by atoms with van der Waals surface area (Å²) < 4.78 is 0. The van der Waals surface area contributed by atoms with Gasteiger partial charge in [-0.1, -0.05) is 0 Å². The van der Waals surface area contributed by atoms with Crippen molar-refractivity contribution in [3.8, 4) is 0 Å². The average Bonchev–Trinajstić information content (AvgIpc) is 1.65. The fourth-order valence-electron chi connectivity index (χ4n) is 0.0680. The molecule has 0 fully saturated rings. The zero-order valence-corrected chi connectivity index (χ0v) is 3.72. The predicted octanol–water partition coefficient (Wildman–Crippen LogP) is -1.77. The van der Waals surface area contributed by atoms with Gasteiger partial charge in [-0.05, 0) is 0 Å². The number of allylic oxidation sites excluding steroid dienone is 1. The average molecular weight is 101 g/mol. The van der Waals surface area contributed by atoms with Crippen LogP contribution in [0.4, 0.5) is 0 Å². The molecular formula is C3H7N3O. The maximum Gasteiger partial charge on any atom is 0.169 e. The molecule has 0 amide bonds. The van der Waals surface area contributed by atoms with E-state index >= 15 is 0 Å². The first-order chi connectivity index (χ1) is 3.18. The van der Waals surface area contributed by atoms with Gasteiger partial charge < -0.3 is 17.2 Å². The van der Waals surface area contributed by atoms with E-state index in [0.29, 0.717) is 6.29 Å². The second kappa shape index (κ2) is 2.07. The zero-order chi connectivity index (χ0) is 5.86. The van der Waals surface area contributed by atoms with E-state index in [0.717, 1.165) is 0 Å². The molecule has 0 saturated carbocycles. The van der Waals surface area contributed by atoms with E-state index in [1.165, 1.54) is 0 Å². The van der Waals surface area contributed by atoms with Crippen molar-refractivity contribution in [3.05, 3.63) is 11.5 Å². The number of carbonyl (C=O) groups is 1. The Morgan fingerprint density at radius 3 is 1.71 bits per heavy atom. The van der Waals surface area contributed by atoms with Crippen LogP contribution < -0.4 is 17.2 Å². The van der Waals surface area contributed by atoms with Crippen LogP contribution in [0, 0.1) is 0 Å². The van der Waals surface area contributed by atoms with E-state index in [2.05, 4.69) is 0 Å². The summed E-state index contributed by atoms with van der Waals surface area (Å²) in [4.78, 5) is 9.60. The van der Waals surface area contributed by atoms with Gasteiger partial charge in [-0.2, -0.15) is 0 Å². The van der Waals surface area contributed by atoms with E-state index in [9.17, 15) is 4.79 Å². The quantitative estimate of drug-likeness (QED) is 0.269. The molecule has 0 spiro atoms. The smallest absolute Gasteiger partial charge is 0.169 e.